The van der Waals surface area contributed by atoms with Gasteiger partial charge >= 0.3 is 0 Å². The highest BCUT2D eigenvalue weighted by Crippen LogP contribution is 2.24. The van der Waals surface area contributed by atoms with E-state index in [1.165, 1.54) is 0 Å². The summed E-state index contributed by atoms with van der Waals surface area (Å²) in [6, 6.07) is 5.14. The zero-order valence-electron chi connectivity index (χ0n) is 5.41. The highest BCUT2D eigenvalue weighted by atomic mass is 32.1. The van der Waals surface area contributed by atoms with Gasteiger partial charge in [-0.25, -0.2) is 0 Å². The zero-order chi connectivity index (χ0) is 7.56. The van der Waals surface area contributed by atoms with Crippen molar-refractivity contribution in [1.29, 1.82) is 0 Å². The molecule has 0 aliphatic carbocycles. The van der Waals surface area contributed by atoms with Crippen LogP contribution in [0.5, 0.6) is 5.75 Å². The van der Waals surface area contributed by atoms with Crippen LogP contribution in [-0.2, 0) is 5.75 Å². The van der Waals surface area contributed by atoms with Crippen molar-refractivity contribution in [1.82, 2.24) is 0 Å². The van der Waals surface area contributed by atoms with E-state index in [2.05, 4.69) is 12.6 Å². The van der Waals surface area contributed by atoms with Crippen LogP contribution in [0, 0.1) is 0 Å². The second-order valence-corrected chi connectivity index (χ2v) is 2.32. The van der Waals surface area contributed by atoms with Gasteiger partial charge in [-0.1, -0.05) is 12.1 Å². The number of hydrogen-bond donors (Lipinski definition) is 3. The van der Waals surface area contributed by atoms with Crippen LogP contribution < -0.4 is 5.73 Å². The van der Waals surface area contributed by atoms with Crippen molar-refractivity contribution in [3.8, 4) is 5.75 Å². The Hall–Kier alpha value is -0.830. The van der Waals surface area contributed by atoms with Crippen molar-refractivity contribution in [2.45, 2.75) is 5.75 Å². The van der Waals surface area contributed by atoms with Crippen LogP contribution in [0.25, 0.3) is 0 Å². The smallest absolute Gasteiger partial charge is 0.138 e. The number of benzene rings is 1. The van der Waals surface area contributed by atoms with Crippen LogP contribution in [0.15, 0.2) is 18.2 Å². The number of para-hydroxylation sites is 1. The van der Waals surface area contributed by atoms with Crippen molar-refractivity contribution < 1.29 is 5.11 Å². The molecule has 0 bridgehead atoms. The molecule has 1 rings (SSSR count). The van der Waals surface area contributed by atoms with E-state index >= 15 is 0 Å². The molecule has 0 amide bonds. The first kappa shape index (κ1) is 7.28. The number of phenols is 1. The lowest BCUT2D eigenvalue weighted by molar-refractivity contribution is 0.477. The fourth-order valence-corrected chi connectivity index (χ4v) is 1.01. The average molecular weight is 155 g/mol. The van der Waals surface area contributed by atoms with Crippen LogP contribution in [0.1, 0.15) is 5.56 Å². The number of nitrogen functional groups attached to an aromatic ring is 1. The molecule has 0 unspecified atom stereocenters. The summed E-state index contributed by atoms with van der Waals surface area (Å²) < 4.78 is 0. The topological polar surface area (TPSA) is 46.2 Å². The van der Waals surface area contributed by atoms with E-state index in [1.54, 1.807) is 12.1 Å². The van der Waals surface area contributed by atoms with E-state index < -0.39 is 0 Å². The summed E-state index contributed by atoms with van der Waals surface area (Å²) in [5.74, 6) is 0.687. The van der Waals surface area contributed by atoms with Crippen molar-refractivity contribution >= 4 is 18.3 Å². The maximum Gasteiger partial charge on any atom is 0.138 e. The number of phenolic OH excluding ortho intramolecular Hbond substituents is 1. The Morgan fingerprint density at radius 1 is 1.50 bits per heavy atom. The predicted molar refractivity (Wildman–Crippen MR) is 45.2 cm³/mol. The van der Waals surface area contributed by atoms with Gasteiger partial charge in [0.15, 0.2) is 0 Å². The van der Waals surface area contributed by atoms with E-state index in [9.17, 15) is 0 Å². The van der Waals surface area contributed by atoms with E-state index in [0.29, 0.717) is 11.4 Å². The molecule has 2 nitrogen and oxygen atoms in total. The van der Waals surface area contributed by atoms with E-state index in [-0.39, 0.29) is 5.75 Å². The van der Waals surface area contributed by atoms with Crippen LogP contribution in [-0.4, -0.2) is 5.11 Å². The normalized spacial score (nSPS) is 9.70. The molecule has 0 aromatic heterocycles. The van der Waals surface area contributed by atoms with Crippen LogP contribution in [0.2, 0.25) is 0 Å². The fraction of sp³-hybridized carbons (Fsp3) is 0.143. The Morgan fingerprint density at radius 2 is 2.20 bits per heavy atom. The molecule has 0 spiro atoms. The molecular formula is C7H9NOS. The Bertz CT molecular complexity index is 237. The lowest BCUT2D eigenvalue weighted by Crippen LogP contribution is -1.91. The molecule has 54 valence electrons. The van der Waals surface area contributed by atoms with E-state index in [4.69, 9.17) is 10.8 Å². The summed E-state index contributed by atoms with van der Waals surface area (Å²) in [5, 5.41) is 9.07. The molecule has 0 fully saturated rings. The number of aromatic hydroxyl groups is 1. The molecule has 0 saturated heterocycles. The Balaban J connectivity index is 3.14. The summed E-state index contributed by atoms with van der Waals surface area (Å²) >= 11 is 4.04. The molecule has 1 aromatic carbocycles. The Kier molecular flexibility index (Phi) is 2.06. The monoisotopic (exact) mass is 155 g/mol. The molecule has 0 saturated carbocycles. The maximum absolute atomic E-state index is 9.07. The minimum absolute atomic E-state index is 0.131. The van der Waals surface area contributed by atoms with Gasteiger partial charge in [0.05, 0.1) is 5.69 Å². The van der Waals surface area contributed by atoms with Gasteiger partial charge in [-0.2, -0.15) is 12.6 Å². The number of nitrogens with two attached hydrogens (primary N) is 1. The first-order chi connectivity index (χ1) is 4.75. The third-order valence-electron chi connectivity index (χ3n) is 1.34. The summed E-state index contributed by atoms with van der Waals surface area (Å²) in [6.45, 7) is 0. The molecule has 1 aromatic rings. The zero-order valence-corrected chi connectivity index (χ0v) is 6.31. The predicted octanol–water partition coefficient (Wildman–Crippen LogP) is 1.40. The molecule has 0 heterocycles. The molecule has 3 heteroatoms. The quantitative estimate of drug-likeness (QED) is 0.326. The van der Waals surface area contributed by atoms with Crippen molar-refractivity contribution in [3.63, 3.8) is 0 Å². The SMILES string of the molecule is Nc1c(O)cccc1CS. The highest BCUT2D eigenvalue weighted by Gasteiger charge is 1.99. The second-order valence-electron chi connectivity index (χ2n) is 2.01. The summed E-state index contributed by atoms with van der Waals surface area (Å²) in [5.41, 5.74) is 6.79. The number of hydrogen-bond acceptors (Lipinski definition) is 3. The Labute approximate surface area is 65.1 Å². The molecule has 0 aliphatic heterocycles. The van der Waals surface area contributed by atoms with Gasteiger partial charge in [0.2, 0.25) is 0 Å². The summed E-state index contributed by atoms with van der Waals surface area (Å²) in [4.78, 5) is 0. The lowest BCUT2D eigenvalue weighted by atomic mass is 10.2. The van der Waals surface area contributed by atoms with Gasteiger partial charge in [0, 0.05) is 5.75 Å². The molecule has 3 N–H and O–H groups in total. The maximum atomic E-state index is 9.07. The van der Waals surface area contributed by atoms with Crippen LogP contribution in [0.3, 0.4) is 0 Å². The highest BCUT2D eigenvalue weighted by molar-refractivity contribution is 7.79. The van der Waals surface area contributed by atoms with E-state index in [1.807, 2.05) is 6.07 Å². The number of thiol groups is 1. The minimum atomic E-state index is 0.131. The second kappa shape index (κ2) is 2.84. The van der Waals surface area contributed by atoms with Gasteiger partial charge < -0.3 is 10.8 Å². The van der Waals surface area contributed by atoms with Crippen molar-refractivity contribution in [2.24, 2.45) is 0 Å². The van der Waals surface area contributed by atoms with Crippen molar-refractivity contribution in [2.75, 3.05) is 5.73 Å². The van der Waals surface area contributed by atoms with Gasteiger partial charge in [0.1, 0.15) is 5.75 Å². The third-order valence-corrected chi connectivity index (χ3v) is 1.68. The fourth-order valence-electron chi connectivity index (χ4n) is 0.737. The Morgan fingerprint density at radius 3 is 2.70 bits per heavy atom. The molecule has 0 atom stereocenters. The first-order valence-corrected chi connectivity index (χ1v) is 3.56. The van der Waals surface area contributed by atoms with Gasteiger partial charge in [-0.15, -0.1) is 0 Å². The van der Waals surface area contributed by atoms with Gasteiger partial charge in [0.25, 0.3) is 0 Å². The third kappa shape index (κ3) is 1.19. The molecule has 0 radical (unpaired) electrons. The molecular weight excluding hydrogens is 146 g/mol. The number of rotatable bonds is 1. The van der Waals surface area contributed by atoms with Gasteiger partial charge in [-0.05, 0) is 11.6 Å². The standard InChI is InChI=1S/C7H9NOS/c8-7-5(4-10)2-1-3-6(7)9/h1-3,9-10H,4,8H2. The molecule has 10 heavy (non-hydrogen) atoms. The number of anilines is 1. The average Bonchev–Trinajstić information content (AvgIpc) is 1.95. The largest absolute Gasteiger partial charge is 0.506 e. The van der Waals surface area contributed by atoms with Crippen molar-refractivity contribution in [3.05, 3.63) is 23.8 Å². The van der Waals surface area contributed by atoms with Crippen LogP contribution >= 0.6 is 12.6 Å². The summed E-state index contributed by atoms with van der Waals surface area (Å²) in [7, 11) is 0. The van der Waals surface area contributed by atoms with Gasteiger partial charge in [-0.3, -0.25) is 0 Å². The summed E-state index contributed by atoms with van der Waals surface area (Å²) in [6.07, 6.45) is 0. The van der Waals surface area contributed by atoms with Crippen LogP contribution in [0.4, 0.5) is 5.69 Å². The minimum Gasteiger partial charge on any atom is -0.506 e. The first-order valence-electron chi connectivity index (χ1n) is 2.93. The molecule has 0 aliphatic rings. The van der Waals surface area contributed by atoms with E-state index in [0.717, 1.165) is 5.56 Å². The lowest BCUT2D eigenvalue weighted by Gasteiger charge is -2.02.